The van der Waals surface area contributed by atoms with Gasteiger partial charge in [-0.25, -0.2) is 14.8 Å². The number of thioether (sulfide) groups is 1. The van der Waals surface area contributed by atoms with Gasteiger partial charge in [0.15, 0.2) is 0 Å². The first kappa shape index (κ1) is 14.1. The van der Waals surface area contributed by atoms with Crippen LogP contribution >= 0.6 is 11.8 Å². The first-order valence-corrected chi connectivity index (χ1v) is 7.72. The van der Waals surface area contributed by atoms with Gasteiger partial charge in [-0.2, -0.15) is 11.8 Å². The predicted octanol–water partition coefficient (Wildman–Crippen LogP) is 2.35. The SMILES string of the molecule is COC(=O)c1nccc(NC2CCC(SC)CC2)n1. The maximum Gasteiger partial charge on any atom is 0.376 e. The van der Waals surface area contributed by atoms with Crippen molar-refractivity contribution in [3.63, 3.8) is 0 Å². The van der Waals surface area contributed by atoms with Crippen molar-refractivity contribution in [1.82, 2.24) is 9.97 Å². The molecule has 1 N–H and O–H groups in total. The fourth-order valence-corrected chi connectivity index (χ4v) is 3.02. The molecule has 0 unspecified atom stereocenters. The molecule has 104 valence electrons. The molecule has 0 aliphatic heterocycles. The fourth-order valence-electron chi connectivity index (χ4n) is 2.28. The number of hydrogen-bond acceptors (Lipinski definition) is 6. The summed E-state index contributed by atoms with van der Waals surface area (Å²) in [7, 11) is 1.33. The molecule has 0 spiro atoms. The van der Waals surface area contributed by atoms with E-state index in [1.165, 1.54) is 20.0 Å². The van der Waals surface area contributed by atoms with Crippen molar-refractivity contribution in [3.05, 3.63) is 18.1 Å². The van der Waals surface area contributed by atoms with Gasteiger partial charge in [-0.05, 0) is 38.0 Å². The third-order valence-electron chi connectivity index (χ3n) is 3.38. The molecule has 1 aromatic rings. The highest BCUT2D eigenvalue weighted by Crippen LogP contribution is 2.28. The topological polar surface area (TPSA) is 64.1 Å². The van der Waals surface area contributed by atoms with Gasteiger partial charge < -0.3 is 10.1 Å². The Bertz CT molecular complexity index is 434. The van der Waals surface area contributed by atoms with E-state index in [1.807, 2.05) is 11.8 Å². The average Bonchev–Trinajstić information content (AvgIpc) is 2.47. The smallest absolute Gasteiger partial charge is 0.376 e. The minimum Gasteiger partial charge on any atom is -0.463 e. The summed E-state index contributed by atoms with van der Waals surface area (Å²) in [6, 6.07) is 2.22. The Balaban J connectivity index is 1.94. The Hall–Kier alpha value is -1.30. The first-order chi connectivity index (χ1) is 9.22. The van der Waals surface area contributed by atoms with E-state index in [4.69, 9.17) is 0 Å². The molecular formula is C13H19N3O2S. The molecule has 0 amide bonds. The van der Waals surface area contributed by atoms with Crippen molar-refractivity contribution in [3.8, 4) is 0 Å². The highest BCUT2D eigenvalue weighted by Gasteiger charge is 2.20. The van der Waals surface area contributed by atoms with Crippen molar-refractivity contribution < 1.29 is 9.53 Å². The van der Waals surface area contributed by atoms with Crippen LogP contribution in [-0.4, -0.2) is 40.6 Å². The van der Waals surface area contributed by atoms with Gasteiger partial charge in [-0.1, -0.05) is 0 Å². The number of nitrogens with zero attached hydrogens (tertiary/aromatic N) is 2. The number of ether oxygens (including phenoxy) is 1. The normalized spacial score (nSPS) is 22.8. The van der Waals surface area contributed by atoms with Gasteiger partial charge in [0.2, 0.25) is 5.82 Å². The lowest BCUT2D eigenvalue weighted by atomic mass is 9.95. The zero-order chi connectivity index (χ0) is 13.7. The molecule has 2 rings (SSSR count). The summed E-state index contributed by atoms with van der Waals surface area (Å²) >= 11 is 1.95. The zero-order valence-electron chi connectivity index (χ0n) is 11.3. The van der Waals surface area contributed by atoms with Crippen LogP contribution in [0.25, 0.3) is 0 Å². The number of aromatic nitrogens is 2. The lowest BCUT2D eigenvalue weighted by Crippen LogP contribution is -2.27. The second-order valence-electron chi connectivity index (χ2n) is 4.61. The lowest BCUT2D eigenvalue weighted by molar-refractivity contribution is 0.0587. The third kappa shape index (κ3) is 3.83. The highest BCUT2D eigenvalue weighted by atomic mass is 32.2. The Morgan fingerprint density at radius 3 is 2.79 bits per heavy atom. The quantitative estimate of drug-likeness (QED) is 0.855. The van der Waals surface area contributed by atoms with Crippen LogP contribution in [0.1, 0.15) is 36.3 Å². The van der Waals surface area contributed by atoms with Crippen LogP contribution in [0, 0.1) is 0 Å². The molecule has 1 aliphatic carbocycles. The van der Waals surface area contributed by atoms with Crippen molar-refractivity contribution in [2.24, 2.45) is 0 Å². The van der Waals surface area contributed by atoms with Crippen molar-refractivity contribution in [1.29, 1.82) is 0 Å². The standard InChI is InChI=1S/C13H19N3O2S/c1-18-13(17)12-14-8-7-11(16-12)15-9-3-5-10(19-2)6-4-9/h7-10H,3-6H2,1-2H3,(H,14,15,16). The van der Waals surface area contributed by atoms with E-state index >= 15 is 0 Å². The zero-order valence-corrected chi connectivity index (χ0v) is 12.1. The molecule has 1 aliphatic rings. The number of esters is 1. The minimum absolute atomic E-state index is 0.102. The van der Waals surface area contributed by atoms with E-state index in [9.17, 15) is 4.79 Å². The Morgan fingerprint density at radius 2 is 2.16 bits per heavy atom. The molecule has 6 heteroatoms. The largest absolute Gasteiger partial charge is 0.463 e. The predicted molar refractivity (Wildman–Crippen MR) is 76.6 cm³/mol. The molecule has 0 aromatic carbocycles. The Kier molecular flexibility index (Phi) is 5.01. The highest BCUT2D eigenvalue weighted by molar-refractivity contribution is 7.99. The summed E-state index contributed by atoms with van der Waals surface area (Å²) in [5.41, 5.74) is 0. The number of anilines is 1. The van der Waals surface area contributed by atoms with Crippen molar-refractivity contribution >= 4 is 23.5 Å². The van der Waals surface area contributed by atoms with Crippen LogP contribution in [0.5, 0.6) is 0 Å². The van der Waals surface area contributed by atoms with Gasteiger partial charge in [0.25, 0.3) is 0 Å². The molecule has 0 atom stereocenters. The maximum atomic E-state index is 11.4. The first-order valence-electron chi connectivity index (χ1n) is 6.43. The van der Waals surface area contributed by atoms with E-state index in [0.717, 1.165) is 18.1 Å². The lowest BCUT2D eigenvalue weighted by Gasteiger charge is -2.28. The Labute approximate surface area is 117 Å². The molecular weight excluding hydrogens is 262 g/mol. The van der Waals surface area contributed by atoms with E-state index in [0.29, 0.717) is 11.9 Å². The summed E-state index contributed by atoms with van der Waals surface area (Å²) in [5, 5.41) is 4.16. The van der Waals surface area contributed by atoms with Crippen LogP contribution in [0.3, 0.4) is 0 Å². The number of rotatable bonds is 4. The number of nitrogens with one attached hydrogen (secondary N) is 1. The van der Waals surface area contributed by atoms with Crippen LogP contribution in [-0.2, 0) is 4.74 Å². The molecule has 1 fully saturated rings. The third-order valence-corrected chi connectivity index (χ3v) is 4.52. The van der Waals surface area contributed by atoms with Gasteiger partial charge in [-0.15, -0.1) is 0 Å². The number of methoxy groups -OCH3 is 1. The number of carbonyl (C=O) groups excluding carboxylic acids is 1. The second kappa shape index (κ2) is 6.75. The van der Waals surface area contributed by atoms with Gasteiger partial charge in [0, 0.05) is 17.5 Å². The molecule has 1 aromatic heterocycles. The summed E-state index contributed by atoms with van der Waals surface area (Å²) in [4.78, 5) is 19.4. The average molecular weight is 281 g/mol. The Morgan fingerprint density at radius 1 is 1.42 bits per heavy atom. The monoisotopic (exact) mass is 281 g/mol. The van der Waals surface area contributed by atoms with Crippen LogP contribution < -0.4 is 5.32 Å². The molecule has 0 radical (unpaired) electrons. The van der Waals surface area contributed by atoms with E-state index in [1.54, 1.807) is 12.3 Å². The number of hydrogen-bond donors (Lipinski definition) is 1. The van der Waals surface area contributed by atoms with Gasteiger partial charge in [0.1, 0.15) is 5.82 Å². The van der Waals surface area contributed by atoms with E-state index < -0.39 is 5.97 Å². The van der Waals surface area contributed by atoms with Gasteiger partial charge >= 0.3 is 5.97 Å². The van der Waals surface area contributed by atoms with E-state index in [2.05, 4.69) is 26.3 Å². The molecule has 1 heterocycles. The molecule has 19 heavy (non-hydrogen) atoms. The second-order valence-corrected chi connectivity index (χ2v) is 5.75. The molecule has 5 nitrogen and oxygen atoms in total. The summed E-state index contributed by atoms with van der Waals surface area (Å²) in [5.74, 6) is 0.294. The summed E-state index contributed by atoms with van der Waals surface area (Å²) in [6.45, 7) is 0. The van der Waals surface area contributed by atoms with Crippen molar-refractivity contribution in [2.45, 2.75) is 37.0 Å². The number of carbonyl (C=O) groups is 1. The summed E-state index contributed by atoms with van der Waals surface area (Å²) in [6.07, 6.45) is 8.49. The summed E-state index contributed by atoms with van der Waals surface area (Å²) < 4.78 is 4.62. The maximum absolute atomic E-state index is 11.4. The minimum atomic E-state index is -0.505. The van der Waals surface area contributed by atoms with Crippen LogP contribution in [0.15, 0.2) is 12.3 Å². The molecule has 1 saturated carbocycles. The molecule has 0 bridgehead atoms. The van der Waals surface area contributed by atoms with Crippen LogP contribution in [0.2, 0.25) is 0 Å². The molecule has 0 saturated heterocycles. The van der Waals surface area contributed by atoms with Gasteiger partial charge in [-0.3, -0.25) is 0 Å². The van der Waals surface area contributed by atoms with Gasteiger partial charge in [0.05, 0.1) is 7.11 Å². The van der Waals surface area contributed by atoms with Crippen molar-refractivity contribution in [2.75, 3.05) is 18.7 Å². The van der Waals surface area contributed by atoms with E-state index in [-0.39, 0.29) is 5.82 Å². The van der Waals surface area contributed by atoms with Crippen LogP contribution in [0.4, 0.5) is 5.82 Å². The fraction of sp³-hybridized carbons (Fsp3) is 0.615.